The van der Waals surface area contributed by atoms with Gasteiger partial charge in [-0.25, -0.2) is 0 Å². The molecule has 2 heterocycles. The Bertz CT molecular complexity index is 587. The SMILES string of the molecule is CN=C(NCCCOCC1CCOCC1)N1CCC(c2ccccc2)C(C)C1. The van der Waals surface area contributed by atoms with Gasteiger partial charge in [0.2, 0.25) is 0 Å². The van der Waals surface area contributed by atoms with E-state index in [4.69, 9.17) is 9.47 Å². The molecular formula is C23H37N3O2. The zero-order chi connectivity index (χ0) is 19.6. The van der Waals surface area contributed by atoms with Crippen molar-refractivity contribution in [3.05, 3.63) is 35.9 Å². The number of benzene rings is 1. The van der Waals surface area contributed by atoms with E-state index >= 15 is 0 Å². The number of nitrogens with one attached hydrogen (secondary N) is 1. The summed E-state index contributed by atoms with van der Waals surface area (Å²) < 4.78 is 11.3. The van der Waals surface area contributed by atoms with Crippen LogP contribution in [0.1, 0.15) is 44.1 Å². The second-order valence-electron chi connectivity index (χ2n) is 8.19. The summed E-state index contributed by atoms with van der Waals surface area (Å²) in [6.45, 7) is 8.87. The van der Waals surface area contributed by atoms with Crippen molar-refractivity contribution in [2.45, 2.75) is 38.5 Å². The molecule has 0 radical (unpaired) electrons. The number of piperidine rings is 1. The van der Waals surface area contributed by atoms with Crippen molar-refractivity contribution in [3.63, 3.8) is 0 Å². The van der Waals surface area contributed by atoms with Crippen LogP contribution in [0.3, 0.4) is 0 Å². The first kappa shape index (κ1) is 21.1. The van der Waals surface area contributed by atoms with Crippen LogP contribution < -0.4 is 5.32 Å². The molecule has 2 fully saturated rings. The zero-order valence-electron chi connectivity index (χ0n) is 17.6. The first-order valence-electron chi connectivity index (χ1n) is 10.9. The minimum atomic E-state index is 0.623. The Labute approximate surface area is 170 Å². The summed E-state index contributed by atoms with van der Waals surface area (Å²) in [4.78, 5) is 6.92. The number of hydrogen-bond acceptors (Lipinski definition) is 3. The molecule has 1 aromatic carbocycles. The third-order valence-electron chi connectivity index (χ3n) is 6.09. The Hall–Kier alpha value is -1.59. The second-order valence-corrected chi connectivity index (χ2v) is 8.19. The first-order valence-corrected chi connectivity index (χ1v) is 10.9. The van der Waals surface area contributed by atoms with Crippen LogP contribution in [0, 0.1) is 11.8 Å². The van der Waals surface area contributed by atoms with E-state index in [2.05, 4.69) is 52.5 Å². The lowest BCUT2D eigenvalue weighted by atomic mass is 9.82. The molecule has 2 aliphatic rings. The Morgan fingerprint density at radius 2 is 2.00 bits per heavy atom. The van der Waals surface area contributed by atoms with Crippen molar-refractivity contribution in [1.82, 2.24) is 10.2 Å². The van der Waals surface area contributed by atoms with Crippen molar-refractivity contribution in [2.24, 2.45) is 16.8 Å². The highest BCUT2D eigenvalue weighted by Crippen LogP contribution is 2.32. The van der Waals surface area contributed by atoms with Crippen LogP contribution in [-0.2, 0) is 9.47 Å². The molecule has 5 nitrogen and oxygen atoms in total. The normalized spacial score (nSPS) is 24.4. The first-order chi connectivity index (χ1) is 13.8. The topological polar surface area (TPSA) is 46.1 Å². The van der Waals surface area contributed by atoms with Crippen LogP contribution in [0.15, 0.2) is 35.3 Å². The maximum absolute atomic E-state index is 5.87. The average Bonchev–Trinajstić information content (AvgIpc) is 2.74. The second kappa shape index (κ2) is 11.4. The van der Waals surface area contributed by atoms with Gasteiger partial charge in [-0.1, -0.05) is 37.3 Å². The van der Waals surface area contributed by atoms with Crippen LogP contribution in [0.4, 0.5) is 0 Å². The fourth-order valence-corrected chi connectivity index (χ4v) is 4.40. The summed E-state index contributed by atoms with van der Waals surface area (Å²) in [6, 6.07) is 10.9. The van der Waals surface area contributed by atoms with Gasteiger partial charge in [0.25, 0.3) is 0 Å². The molecule has 3 rings (SSSR count). The molecule has 2 atom stereocenters. The summed E-state index contributed by atoms with van der Waals surface area (Å²) in [5.74, 6) is 2.98. The van der Waals surface area contributed by atoms with Gasteiger partial charge < -0.3 is 19.7 Å². The van der Waals surface area contributed by atoms with Crippen molar-refractivity contribution in [2.75, 3.05) is 53.1 Å². The van der Waals surface area contributed by atoms with Crippen molar-refractivity contribution >= 4 is 5.96 Å². The Morgan fingerprint density at radius 3 is 2.71 bits per heavy atom. The van der Waals surface area contributed by atoms with Gasteiger partial charge in [-0.15, -0.1) is 0 Å². The van der Waals surface area contributed by atoms with Crippen LogP contribution in [0.25, 0.3) is 0 Å². The van der Waals surface area contributed by atoms with E-state index in [1.807, 2.05) is 7.05 Å². The van der Waals surface area contributed by atoms with Crippen LogP contribution >= 0.6 is 0 Å². The summed E-state index contributed by atoms with van der Waals surface area (Å²) in [7, 11) is 1.89. The third kappa shape index (κ3) is 6.21. The molecule has 156 valence electrons. The fraction of sp³-hybridized carbons (Fsp3) is 0.696. The molecule has 0 spiro atoms. The molecule has 2 saturated heterocycles. The number of nitrogens with zero attached hydrogens (tertiary/aromatic N) is 2. The van der Waals surface area contributed by atoms with Crippen LogP contribution in [0.5, 0.6) is 0 Å². The molecule has 0 aromatic heterocycles. The summed E-state index contributed by atoms with van der Waals surface area (Å²) >= 11 is 0. The van der Waals surface area contributed by atoms with E-state index in [9.17, 15) is 0 Å². The number of aliphatic imine (C=N–C) groups is 1. The molecule has 5 heteroatoms. The predicted octanol–water partition coefficient (Wildman–Crippen LogP) is 3.52. The number of ether oxygens (including phenoxy) is 2. The van der Waals surface area contributed by atoms with Gasteiger partial charge in [0.15, 0.2) is 5.96 Å². The average molecular weight is 388 g/mol. The molecule has 2 aliphatic heterocycles. The third-order valence-corrected chi connectivity index (χ3v) is 6.09. The predicted molar refractivity (Wildman–Crippen MR) is 115 cm³/mol. The van der Waals surface area contributed by atoms with Gasteiger partial charge in [-0.3, -0.25) is 4.99 Å². The number of likely N-dealkylation sites (tertiary alicyclic amines) is 1. The number of hydrogen-bond donors (Lipinski definition) is 1. The molecule has 1 N–H and O–H groups in total. The maximum atomic E-state index is 5.87. The fourth-order valence-electron chi connectivity index (χ4n) is 4.40. The Kier molecular flexibility index (Phi) is 8.62. The van der Waals surface area contributed by atoms with Gasteiger partial charge in [0.05, 0.1) is 0 Å². The van der Waals surface area contributed by atoms with E-state index in [1.165, 1.54) is 12.0 Å². The largest absolute Gasteiger partial charge is 0.381 e. The van der Waals surface area contributed by atoms with Gasteiger partial charge in [0, 0.05) is 53.1 Å². The minimum absolute atomic E-state index is 0.623. The van der Waals surface area contributed by atoms with Crippen molar-refractivity contribution in [1.29, 1.82) is 0 Å². The van der Waals surface area contributed by atoms with E-state index in [-0.39, 0.29) is 0 Å². The molecular weight excluding hydrogens is 350 g/mol. The molecule has 0 amide bonds. The lowest BCUT2D eigenvalue weighted by Gasteiger charge is -2.39. The highest BCUT2D eigenvalue weighted by molar-refractivity contribution is 5.80. The van der Waals surface area contributed by atoms with Crippen LogP contribution in [-0.4, -0.2) is 64.0 Å². The van der Waals surface area contributed by atoms with Crippen molar-refractivity contribution < 1.29 is 9.47 Å². The smallest absolute Gasteiger partial charge is 0.193 e. The lowest BCUT2D eigenvalue weighted by molar-refractivity contribution is 0.0203. The number of rotatable bonds is 7. The minimum Gasteiger partial charge on any atom is -0.381 e. The lowest BCUT2D eigenvalue weighted by Crippen LogP contribution is -2.48. The van der Waals surface area contributed by atoms with Gasteiger partial charge in [-0.05, 0) is 49.0 Å². The zero-order valence-corrected chi connectivity index (χ0v) is 17.6. The molecule has 0 bridgehead atoms. The van der Waals surface area contributed by atoms with E-state index in [1.54, 1.807) is 0 Å². The molecule has 0 aliphatic carbocycles. The van der Waals surface area contributed by atoms with Gasteiger partial charge >= 0.3 is 0 Å². The van der Waals surface area contributed by atoms with Crippen molar-refractivity contribution in [3.8, 4) is 0 Å². The van der Waals surface area contributed by atoms with Gasteiger partial charge in [-0.2, -0.15) is 0 Å². The summed E-state index contributed by atoms with van der Waals surface area (Å²) in [5, 5.41) is 3.53. The van der Waals surface area contributed by atoms with Gasteiger partial charge in [0.1, 0.15) is 0 Å². The highest BCUT2D eigenvalue weighted by Gasteiger charge is 2.28. The van der Waals surface area contributed by atoms with E-state index in [0.29, 0.717) is 17.8 Å². The quantitative estimate of drug-likeness (QED) is 0.442. The Morgan fingerprint density at radius 1 is 1.21 bits per heavy atom. The Balaban J connectivity index is 1.34. The maximum Gasteiger partial charge on any atom is 0.193 e. The van der Waals surface area contributed by atoms with E-state index < -0.39 is 0 Å². The highest BCUT2D eigenvalue weighted by atomic mass is 16.5. The summed E-state index contributed by atoms with van der Waals surface area (Å²) in [5.41, 5.74) is 1.47. The number of guanidine groups is 1. The molecule has 28 heavy (non-hydrogen) atoms. The van der Waals surface area contributed by atoms with Crippen LogP contribution in [0.2, 0.25) is 0 Å². The molecule has 2 unspecified atom stereocenters. The van der Waals surface area contributed by atoms with E-state index in [0.717, 1.165) is 71.3 Å². The standard InChI is InChI=1S/C23H37N3O2/c1-19-17-26(13-9-22(19)21-7-4-3-5-8-21)23(24-2)25-12-6-14-28-18-20-10-15-27-16-11-20/h3-5,7-8,19-20,22H,6,9-18H2,1-2H3,(H,24,25). The molecule has 1 aromatic rings. The molecule has 0 saturated carbocycles. The monoisotopic (exact) mass is 387 g/mol. The summed E-state index contributed by atoms with van der Waals surface area (Å²) in [6.07, 6.45) is 4.47.